The number of aliphatic carboxylic acids is 1. The van der Waals surface area contributed by atoms with Crippen LogP contribution in [-0.2, 0) is 4.79 Å². The first-order chi connectivity index (χ1) is 11.8. The Bertz CT molecular complexity index is 864. The summed E-state index contributed by atoms with van der Waals surface area (Å²) in [7, 11) is 0. The van der Waals surface area contributed by atoms with Crippen LogP contribution in [0.4, 0.5) is 0 Å². The molecule has 1 fully saturated rings. The standard InChI is InChI=1S/C20H20N2O2/c23-20(24)19(22-12-6-7-13-22)17-15-10-4-5-11-16(15)21-18(17)14-8-2-1-3-9-14/h1-5,8-11,19,21H,6-7,12-13H2,(H,23,24). The summed E-state index contributed by atoms with van der Waals surface area (Å²) in [5.74, 6) is -0.779. The number of likely N-dealkylation sites (tertiary alicyclic amines) is 1. The topological polar surface area (TPSA) is 56.3 Å². The molecule has 3 aromatic rings. The van der Waals surface area contributed by atoms with E-state index in [1.54, 1.807) is 0 Å². The molecule has 2 N–H and O–H groups in total. The SMILES string of the molecule is O=C(O)C(c1c(-c2ccccc2)[nH]c2ccccc12)N1CCCC1. The number of carboxylic acid groups (broad SMARTS) is 1. The second kappa shape index (κ2) is 6.13. The zero-order valence-corrected chi connectivity index (χ0v) is 13.4. The molecule has 2 heterocycles. The van der Waals surface area contributed by atoms with Crippen molar-refractivity contribution in [1.82, 2.24) is 9.88 Å². The molecule has 0 bridgehead atoms. The summed E-state index contributed by atoms with van der Waals surface area (Å²) in [5.41, 5.74) is 3.80. The van der Waals surface area contributed by atoms with Gasteiger partial charge in [0.05, 0.1) is 5.69 Å². The summed E-state index contributed by atoms with van der Waals surface area (Å²) in [6.07, 6.45) is 2.12. The van der Waals surface area contributed by atoms with Gasteiger partial charge in [0.2, 0.25) is 0 Å². The summed E-state index contributed by atoms with van der Waals surface area (Å²) in [4.78, 5) is 17.7. The lowest BCUT2D eigenvalue weighted by atomic mass is 9.98. The highest BCUT2D eigenvalue weighted by molar-refractivity contribution is 5.95. The average molecular weight is 320 g/mol. The van der Waals surface area contributed by atoms with Crippen LogP contribution in [0.5, 0.6) is 0 Å². The van der Waals surface area contributed by atoms with E-state index in [2.05, 4.69) is 9.88 Å². The molecule has 0 aliphatic carbocycles. The maximum absolute atomic E-state index is 12.2. The van der Waals surface area contributed by atoms with Crippen LogP contribution in [0, 0.1) is 0 Å². The van der Waals surface area contributed by atoms with Gasteiger partial charge < -0.3 is 10.1 Å². The molecule has 122 valence electrons. The molecule has 1 aliphatic heterocycles. The Kier molecular flexibility index (Phi) is 3.82. The van der Waals surface area contributed by atoms with Crippen molar-refractivity contribution in [2.24, 2.45) is 0 Å². The molecule has 0 spiro atoms. The molecule has 4 heteroatoms. The number of H-pyrrole nitrogens is 1. The quantitative estimate of drug-likeness (QED) is 0.762. The van der Waals surface area contributed by atoms with Crippen LogP contribution in [0.3, 0.4) is 0 Å². The highest BCUT2D eigenvalue weighted by Crippen LogP contribution is 2.38. The van der Waals surface area contributed by atoms with Gasteiger partial charge >= 0.3 is 5.97 Å². The number of nitrogens with zero attached hydrogens (tertiary/aromatic N) is 1. The van der Waals surface area contributed by atoms with E-state index in [1.165, 1.54) is 0 Å². The maximum atomic E-state index is 12.2. The third kappa shape index (κ3) is 2.49. The fourth-order valence-electron chi connectivity index (χ4n) is 3.74. The normalized spacial score (nSPS) is 16.5. The van der Waals surface area contributed by atoms with Gasteiger partial charge in [-0.1, -0.05) is 48.5 Å². The monoisotopic (exact) mass is 320 g/mol. The summed E-state index contributed by atoms with van der Waals surface area (Å²) < 4.78 is 0. The van der Waals surface area contributed by atoms with Gasteiger partial charge in [0.15, 0.2) is 0 Å². The number of carbonyl (C=O) groups is 1. The molecule has 0 amide bonds. The molecular weight excluding hydrogens is 300 g/mol. The highest BCUT2D eigenvalue weighted by Gasteiger charge is 2.33. The van der Waals surface area contributed by atoms with Gasteiger partial charge in [-0.05, 0) is 37.6 Å². The van der Waals surface area contributed by atoms with Crippen LogP contribution < -0.4 is 0 Å². The van der Waals surface area contributed by atoms with Crippen molar-refractivity contribution in [3.8, 4) is 11.3 Å². The summed E-state index contributed by atoms with van der Waals surface area (Å²) in [5, 5.41) is 11.0. The molecule has 4 rings (SSSR count). The Morgan fingerprint density at radius 2 is 1.67 bits per heavy atom. The minimum Gasteiger partial charge on any atom is -0.480 e. The van der Waals surface area contributed by atoms with Crippen molar-refractivity contribution in [3.05, 3.63) is 60.2 Å². The number of aromatic nitrogens is 1. The third-order valence-corrected chi connectivity index (χ3v) is 4.82. The number of hydrogen-bond donors (Lipinski definition) is 2. The van der Waals surface area contributed by atoms with Crippen LogP contribution in [0.2, 0.25) is 0 Å². The minimum absolute atomic E-state index is 0.612. The van der Waals surface area contributed by atoms with E-state index in [-0.39, 0.29) is 0 Å². The molecule has 1 atom stereocenters. The molecule has 24 heavy (non-hydrogen) atoms. The zero-order valence-electron chi connectivity index (χ0n) is 13.4. The number of aromatic amines is 1. The van der Waals surface area contributed by atoms with Gasteiger partial charge in [-0.3, -0.25) is 9.69 Å². The summed E-state index contributed by atoms with van der Waals surface area (Å²) >= 11 is 0. The molecule has 4 nitrogen and oxygen atoms in total. The Morgan fingerprint density at radius 1 is 1.00 bits per heavy atom. The fraction of sp³-hybridized carbons (Fsp3) is 0.250. The van der Waals surface area contributed by atoms with Crippen molar-refractivity contribution in [1.29, 1.82) is 0 Å². The van der Waals surface area contributed by atoms with Crippen LogP contribution >= 0.6 is 0 Å². The van der Waals surface area contributed by atoms with E-state index in [9.17, 15) is 9.90 Å². The van der Waals surface area contributed by atoms with E-state index in [0.717, 1.165) is 53.7 Å². The number of hydrogen-bond acceptors (Lipinski definition) is 2. The minimum atomic E-state index is -0.779. The smallest absolute Gasteiger partial charge is 0.325 e. The number of rotatable bonds is 4. The lowest BCUT2D eigenvalue weighted by Crippen LogP contribution is -2.32. The Labute approximate surface area is 140 Å². The van der Waals surface area contributed by atoms with Crippen molar-refractivity contribution in [2.75, 3.05) is 13.1 Å². The first kappa shape index (κ1) is 15.0. The molecule has 1 saturated heterocycles. The van der Waals surface area contributed by atoms with Gasteiger partial charge in [0.1, 0.15) is 6.04 Å². The van der Waals surface area contributed by atoms with E-state index >= 15 is 0 Å². The zero-order chi connectivity index (χ0) is 16.5. The molecule has 1 aromatic heterocycles. The van der Waals surface area contributed by atoms with Crippen molar-refractivity contribution < 1.29 is 9.90 Å². The van der Waals surface area contributed by atoms with E-state index in [1.807, 2.05) is 54.6 Å². The van der Waals surface area contributed by atoms with Gasteiger partial charge in [-0.25, -0.2) is 0 Å². The van der Waals surface area contributed by atoms with Crippen molar-refractivity contribution in [3.63, 3.8) is 0 Å². The first-order valence-corrected chi connectivity index (χ1v) is 8.38. The highest BCUT2D eigenvalue weighted by atomic mass is 16.4. The van der Waals surface area contributed by atoms with E-state index in [0.29, 0.717) is 0 Å². The Morgan fingerprint density at radius 3 is 2.38 bits per heavy atom. The molecular formula is C20H20N2O2. The molecule has 0 radical (unpaired) electrons. The second-order valence-corrected chi connectivity index (χ2v) is 6.31. The number of benzene rings is 2. The molecule has 2 aromatic carbocycles. The Balaban J connectivity index is 1.96. The van der Waals surface area contributed by atoms with E-state index < -0.39 is 12.0 Å². The maximum Gasteiger partial charge on any atom is 0.325 e. The second-order valence-electron chi connectivity index (χ2n) is 6.31. The lowest BCUT2D eigenvalue weighted by Gasteiger charge is -2.24. The van der Waals surface area contributed by atoms with E-state index in [4.69, 9.17) is 0 Å². The van der Waals surface area contributed by atoms with Crippen LogP contribution in [0.15, 0.2) is 54.6 Å². The predicted molar refractivity (Wildman–Crippen MR) is 94.9 cm³/mol. The van der Waals surface area contributed by atoms with Gasteiger partial charge in [0.25, 0.3) is 0 Å². The molecule has 0 saturated carbocycles. The first-order valence-electron chi connectivity index (χ1n) is 8.38. The number of carboxylic acids is 1. The van der Waals surface area contributed by atoms with Gasteiger partial charge in [-0.15, -0.1) is 0 Å². The lowest BCUT2D eigenvalue weighted by molar-refractivity contribution is -0.143. The number of nitrogens with one attached hydrogen (secondary N) is 1. The summed E-state index contributed by atoms with van der Waals surface area (Å²) in [6.45, 7) is 1.68. The fourth-order valence-corrected chi connectivity index (χ4v) is 3.74. The molecule has 1 unspecified atom stereocenters. The third-order valence-electron chi connectivity index (χ3n) is 4.82. The van der Waals surface area contributed by atoms with Crippen molar-refractivity contribution >= 4 is 16.9 Å². The number of fused-ring (bicyclic) bond motifs is 1. The van der Waals surface area contributed by atoms with Crippen molar-refractivity contribution in [2.45, 2.75) is 18.9 Å². The Hall–Kier alpha value is -2.59. The average Bonchev–Trinajstić information content (AvgIpc) is 3.25. The van der Waals surface area contributed by atoms with Crippen LogP contribution in [0.25, 0.3) is 22.2 Å². The van der Waals surface area contributed by atoms with Gasteiger partial charge in [-0.2, -0.15) is 0 Å². The van der Waals surface area contributed by atoms with Crippen LogP contribution in [-0.4, -0.2) is 34.0 Å². The summed E-state index contributed by atoms with van der Waals surface area (Å²) in [6, 6.07) is 17.3. The largest absolute Gasteiger partial charge is 0.480 e. The van der Waals surface area contributed by atoms with Crippen LogP contribution in [0.1, 0.15) is 24.4 Å². The van der Waals surface area contributed by atoms with Gasteiger partial charge in [0, 0.05) is 16.5 Å². The predicted octanol–water partition coefficient (Wildman–Crippen LogP) is 4.06. The number of para-hydroxylation sites is 1. The molecule has 1 aliphatic rings.